The zero-order chi connectivity index (χ0) is 11.9. The lowest BCUT2D eigenvalue weighted by Gasteiger charge is -2.32. The van der Waals surface area contributed by atoms with Crippen molar-refractivity contribution in [2.24, 2.45) is 0 Å². The largest absolute Gasteiger partial charge is 0.381 e. The fraction of sp³-hybridized carbons (Fsp3) is 1.00. The van der Waals surface area contributed by atoms with E-state index in [1.54, 1.807) is 0 Å². The molecule has 4 nitrogen and oxygen atoms in total. The van der Waals surface area contributed by atoms with Gasteiger partial charge in [0.1, 0.15) is 0 Å². The van der Waals surface area contributed by atoms with Gasteiger partial charge in [0.15, 0.2) is 0 Å². The molecule has 0 aliphatic carbocycles. The molecule has 1 unspecified atom stereocenters. The van der Waals surface area contributed by atoms with Crippen molar-refractivity contribution in [1.82, 2.24) is 10.2 Å². The first-order valence-electron chi connectivity index (χ1n) is 6.95. The Morgan fingerprint density at radius 1 is 1.29 bits per heavy atom. The second-order valence-corrected chi connectivity index (χ2v) is 5.14. The molecule has 17 heavy (non-hydrogen) atoms. The predicted octanol–water partition coefficient (Wildman–Crippen LogP) is 0.866. The number of hydrogen-bond donors (Lipinski definition) is 1. The smallest absolute Gasteiger partial charge is 0.0698 e. The first-order chi connectivity index (χ1) is 8.38. The first-order valence-corrected chi connectivity index (χ1v) is 6.95. The number of rotatable bonds is 5. The van der Waals surface area contributed by atoms with E-state index in [1.165, 1.54) is 32.2 Å². The van der Waals surface area contributed by atoms with Crippen LogP contribution in [-0.2, 0) is 9.47 Å². The molecule has 2 saturated heterocycles. The molecule has 0 radical (unpaired) electrons. The van der Waals surface area contributed by atoms with E-state index in [2.05, 4.69) is 10.2 Å². The van der Waals surface area contributed by atoms with E-state index in [9.17, 15) is 0 Å². The Morgan fingerprint density at radius 3 is 2.88 bits per heavy atom. The zero-order valence-electron chi connectivity index (χ0n) is 11.0. The van der Waals surface area contributed by atoms with Crippen LogP contribution in [0.2, 0.25) is 0 Å². The van der Waals surface area contributed by atoms with Crippen LogP contribution >= 0.6 is 0 Å². The maximum absolute atomic E-state index is 5.44. The van der Waals surface area contributed by atoms with Gasteiger partial charge in [-0.05, 0) is 32.2 Å². The van der Waals surface area contributed by atoms with Gasteiger partial charge in [0.05, 0.1) is 6.10 Å². The van der Waals surface area contributed by atoms with Gasteiger partial charge in [-0.1, -0.05) is 0 Å². The molecule has 0 amide bonds. The Morgan fingerprint density at radius 2 is 2.12 bits per heavy atom. The summed E-state index contributed by atoms with van der Waals surface area (Å²) in [6.45, 7) is 6.43. The molecule has 0 spiro atoms. The third kappa shape index (κ3) is 4.54. The van der Waals surface area contributed by atoms with Gasteiger partial charge in [-0.15, -0.1) is 0 Å². The summed E-state index contributed by atoms with van der Waals surface area (Å²) < 4.78 is 10.8. The van der Waals surface area contributed by atoms with Gasteiger partial charge in [-0.25, -0.2) is 0 Å². The highest BCUT2D eigenvalue weighted by Crippen LogP contribution is 2.12. The summed E-state index contributed by atoms with van der Waals surface area (Å²) in [5.41, 5.74) is 0. The molecular weight excluding hydrogens is 216 g/mol. The van der Waals surface area contributed by atoms with Gasteiger partial charge in [-0.3, -0.25) is 4.90 Å². The summed E-state index contributed by atoms with van der Waals surface area (Å²) in [7, 11) is 1.83. The highest BCUT2D eigenvalue weighted by atomic mass is 16.5. The SMILES string of the molecule is COC1CCCN(CCNC2CCOCC2)C1. The van der Waals surface area contributed by atoms with Crippen LogP contribution in [0, 0.1) is 0 Å². The topological polar surface area (TPSA) is 33.7 Å². The lowest BCUT2D eigenvalue weighted by Crippen LogP contribution is -2.44. The average Bonchev–Trinajstić information content (AvgIpc) is 2.40. The maximum Gasteiger partial charge on any atom is 0.0698 e. The van der Waals surface area contributed by atoms with E-state index in [4.69, 9.17) is 9.47 Å². The summed E-state index contributed by atoms with van der Waals surface area (Å²) in [5, 5.41) is 3.64. The lowest BCUT2D eigenvalue weighted by atomic mass is 10.1. The summed E-state index contributed by atoms with van der Waals surface area (Å²) in [5.74, 6) is 0. The molecule has 0 aromatic carbocycles. The molecule has 0 aromatic rings. The van der Waals surface area contributed by atoms with E-state index in [1.807, 2.05) is 7.11 Å². The molecule has 1 atom stereocenters. The van der Waals surface area contributed by atoms with Gasteiger partial charge in [0.25, 0.3) is 0 Å². The molecule has 100 valence electrons. The molecule has 2 aliphatic rings. The van der Waals surface area contributed by atoms with E-state index < -0.39 is 0 Å². The quantitative estimate of drug-likeness (QED) is 0.775. The number of piperidine rings is 1. The molecule has 2 rings (SSSR count). The number of ether oxygens (including phenoxy) is 2. The molecule has 0 aromatic heterocycles. The molecular formula is C13H26N2O2. The first kappa shape index (κ1) is 13.3. The minimum absolute atomic E-state index is 0.451. The van der Waals surface area contributed by atoms with Crippen LogP contribution < -0.4 is 5.32 Å². The second-order valence-electron chi connectivity index (χ2n) is 5.14. The Kier molecular flexibility index (Phi) is 5.71. The fourth-order valence-corrected chi connectivity index (χ4v) is 2.74. The average molecular weight is 242 g/mol. The summed E-state index contributed by atoms with van der Waals surface area (Å²) in [6.07, 6.45) is 5.28. The van der Waals surface area contributed by atoms with Crippen molar-refractivity contribution in [2.45, 2.75) is 37.8 Å². The summed E-state index contributed by atoms with van der Waals surface area (Å²) in [6, 6.07) is 0.673. The third-order valence-corrected chi connectivity index (χ3v) is 3.88. The van der Waals surface area contributed by atoms with Crippen molar-refractivity contribution >= 4 is 0 Å². The van der Waals surface area contributed by atoms with Gasteiger partial charge in [0.2, 0.25) is 0 Å². The Labute approximate surface area is 105 Å². The van der Waals surface area contributed by atoms with Crippen molar-refractivity contribution < 1.29 is 9.47 Å². The molecule has 2 heterocycles. The Hall–Kier alpha value is -0.160. The van der Waals surface area contributed by atoms with Crippen LogP contribution in [-0.4, -0.2) is 63.5 Å². The van der Waals surface area contributed by atoms with Crippen LogP contribution in [0.15, 0.2) is 0 Å². The van der Waals surface area contributed by atoms with E-state index in [-0.39, 0.29) is 0 Å². The standard InChI is InChI=1S/C13H26N2O2/c1-16-13-3-2-7-15(11-13)8-6-14-12-4-9-17-10-5-12/h12-14H,2-11H2,1H3. The van der Waals surface area contributed by atoms with Gasteiger partial charge in [0, 0.05) is 46.0 Å². The minimum Gasteiger partial charge on any atom is -0.381 e. The number of nitrogens with one attached hydrogen (secondary N) is 1. The Balaban J connectivity index is 1.57. The highest BCUT2D eigenvalue weighted by Gasteiger charge is 2.19. The van der Waals surface area contributed by atoms with Crippen molar-refractivity contribution in [1.29, 1.82) is 0 Å². The number of hydrogen-bond acceptors (Lipinski definition) is 4. The third-order valence-electron chi connectivity index (χ3n) is 3.88. The van der Waals surface area contributed by atoms with E-state index in [0.29, 0.717) is 12.1 Å². The van der Waals surface area contributed by atoms with Gasteiger partial charge in [-0.2, -0.15) is 0 Å². The predicted molar refractivity (Wildman–Crippen MR) is 68.3 cm³/mol. The molecule has 1 N–H and O–H groups in total. The van der Waals surface area contributed by atoms with Crippen molar-refractivity contribution in [3.8, 4) is 0 Å². The van der Waals surface area contributed by atoms with Crippen molar-refractivity contribution in [2.75, 3.05) is 46.5 Å². The van der Waals surface area contributed by atoms with Gasteiger partial charge < -0.3 is 14.8 Å². The van der Waals surface area contributed by atoms with Crippen LogP contribution in [0.25, 0.3) is 0 Å². The number of nitrogens with zero attached hydrogens (tertiary/aromatic N) is 1. The van der Waals surface area contributed by atoms with Crippen molar-refractivity contribution in [3.63, 3.8) is 0 Å². The maximum atomic E-state index is 5.44. The highest BCUT2D eigenvalue weighted by molar-refractivity contribution is 4.75. The van der Waals surface area contributed by atoms with Crippen LogP contribution in [0.3, 0.4) is 0 Å². The summed E-state index contributed by atoms with van der Waals surface area (Å²) >= 11 is 0. The fourth-order valence-electron chi connectivity index (χ4n) is 2.74. The summed E-state index contributed by atoms with van der Waals surface area (Å²) in [4.78, 5) is 2.52. The molecule has 0 saturated carbocycles. The molecule has 2 aliphatic heterocycles. The molecule has 0 bridgehead atoms. The monoisotopic (exact) mass is 242 g/mol. The van der Waals surface area contributed by atoms with Crippen LogP contribution in [0.5, 0.6) is 0 Å². The van der Waals surface area contributed by atoms with E-state index >= 15 is 0 Å². The molecule has 2 fully saturated rings. The number of likely N-dealkylation sites (tertiary alicyclic amines) is 1. The lowest BCUT2D eigenvalue weighted by molar-refractivity contribution is 0.0306. The molecule has 4 heteroatoms. The van der Waals surface area contributed by atoms with Gasteiger partial charge >= 0.3 is 0 Å². The minimum atomic E-state index is 0.451. The van der Waals surface area contributed by atoms with Crippen LogP contribution in [0.4, 0.5) is 0 Å². The number of methoxy groups -OCH3 is 1. The normalized spacial score (nSPS) is 28.4. The zero-order valence-corrected chi connectivity index (χ0v) is 11.0. The second kappa shape index (κ2) is 7.31. The van der Waals surface area contributed by atoms with Crippen LogP contribution in [0.1, 0.15) is 25.7 Å². The Bertz CT molecular complexity index is 208. The van der Waals surface area contributed by atoms with Crippen molar-refractivity contribution in [3.05, 3.63) is 0 Å². The van der Waals surface area contributed by atoms with E-state index in [0.717, 1.165) is 32.8 Å².